The summed E-state index contributed by atoms with van der Waals surface area (Å²) < 4.78 is 0. The number of aliphatic hydroxyl groups is 1. The van der Waals surface area contributed by atoms with E-state index in [0.29, 0.717) is 29.6 Å². The Morgan fingerprint density at radius 1 is 1.06 bits per heavy atom. The first-order valence-electron chi connectivity index (χ1n) is 6.87. The van der Waals surface area contributed by atoms with Gasteiger partial charge in [0.15, 0.2) is 0 Å². The molecule has 2 aliphatic rings. The van der Waals surface area contributed by atoms with Gasteiger partial charge in [0.1, 0.15) is 0 Å². The summed E-state index contributed by atoms with van der Waals surface area (Å²) in [6.45, 7) is 9.04. The zero-order valence-corrected chi connectivity index (χ0v) is 11.1. The van der Waals surface area contributed by atoms with Crippen LogP contribution in [0.3, 0.4) is 0 Å². The van der Waals surface area contributed by atoms with Crippen LogP contribution in [0.1, 0.15) is 40.5 Å². The molecule has 0 aromatic heterocycles. The Kier molecular flexibility index (Phi) is 3.44. The van der Waals surface area contributed by atoms with Crippen LogP contribution >= 0.6 is 0 Å². The number of rotatable bonds is 4. The van der Waals surface area contributed by atoms with Gasteiger partial charge in [-0.1, -0.05) is 39.8 Å². The third kappa shape index (κ3) is 2.07. The molecule has 0 aromatic carbocycles. The second-order valence-electron chi connectivity index (χ2n) is 6.54. The van der Waals surface area contributed by atoms with Crippen molar-refractivity contribution >= 4 is 0 Å². The molecular formula is C15H26O. The molecule has 0 aliphatic heterocycles. The summed E-state index contributed by atoms with van der Waals surface area (Å²) in [4.78, 5) is 0. The largest absolute Gasteiger partial charge is 0.393 e. The van der Waals surface area contributed by atoms with E-state index in [1.807, 2.05) is 0 Å². The Morgan fingerprint density at radius 3 is 2.12 bits per heavy atom. The average molecular weight is 222 g/mol. The molecular weight excluding hydrogens is 196 g/mol. The SMILES string of the molecule is CC(C)C[C@@H](O)[C@@H]1[C@@H](C(C)C)[C@@H]2C=C[C@H]1C2. The molecule has 92 valence electrons. The molecule has 1 saturated carbocycles. The fraction of sp³-hybridized carbons (Fsp3) is 0.867. The molecule has 2 aliphatic carbocycles. The molecule has 0 amide bonds. The van der Waals surface area contributed by atoms with Gasteiger partial charge in [-0.05, 0) is 48.3 Å². The fourth-order valence-electron chi connectivity index (χ4n) is 4.02. The molecule has 0 spiro atoms. The van der Waals surface area contributed by atoms with Gasteiger partial charge in [-0.25, -0.2) is 0 Å². The second kappa shape index (κ2) is 4.52. The topological polar surface area (TPSA) is 20.2 Å². The quantitative estimate of drug-likeness (QED) is 0.722. The molecule has 5 atom stereocenters. The highest BCUT2D eigenvalue weighted by Gasteiger charge is 2.48. The van der Waals surface area contributed by atoms with Gasteiger partial charge in [0, 0.05) is 0 Å². The molecule has 1 nitrogen and oxygen atoms in total. The van der Waals surface area contributed by atoms with Gasteiger partial charge in [0.25, 0.3) is 0 Å². The summed E-state index contributed by atoms with van der Waals surface area (Å²) in [5.74, 6) is 3.95. The standard InChI is InChI=1S/C15H26O/c1-9(2)7-13(16)15-12-6-5-11(8-12)14(15)10(3)4/h5-6,9-16H,7-8H2,1-4H3/t11-,12+,13-,14+,15-/m1/s1. The lowest BCUT2D eigenvalue weighted by atomic mass is 9.72. The molecule has 2 bridgehead atoms. The van der Waals surface area contributed by atoms with Crippen LogP contribution in [0.4, 0.5) is 0 Å². The molecule has 0 aromatic rings. The van der Waals surface area contributed by atoms with Crippen LogP contribution in [-0.4, -0.2) is 11.2 Å². The van der Waals surface area contributed by atoms with Crippen molar-refractivity contribution in [2.75, 3.05) is 0 Å². The normalized spacial score (nSPS) is 38.9. The maximum absolute atomic E-state index is 10.4. The molecule has 0 saturated heterocycles. The summed E-state index contributed by atoms with van der Waals surface area (Å²) in [6.07, 6.45) is 6.92. The van der Waals surface area contributed by atoms with E-state index >= 15 is 0 Å². The van der Waals surface area contributed by atoms with E-state index in [4.69, 9.17) is 0 Å². The zero-order valence-electron chi connectivity index (χ0n) is 11.1. The predicted octanol–water partition coefficient (Wildman–Crippen LogP) is 3.49. The summed E-state index contributed by atoms with van der Waals surface area (Å²) in [5.41, 5.74) is 0. The van der Waals surface area contributed by atoms with E-state index in [0.717, 1.165) is 12.3 Å². The van der Waals surface area contributed by atoms with E-state index in [9.17, 15) is 5.11 Å². The molecule has 0 heterocycles. The van der Waals surface area contributed by atoms with Crippen molar-refractivity contribution in [3.05, 3.63) is 12.2 Å². The fourth-order valence-corrected chi connectivity index (χ4v) is 4.02. The van der Waals surface area contributed by atoms with Crippen molar-refractivity contribution < 1.29 is 5.11 Å². The summed E-state index contributed by atoms with van der Waals surface area (Å²) in [5, 5.41) is 10.4. The van der Waals surface area contributed by atoms with Crippen LogP contribution in [0.5, 0.6) is 0 Å². The van der Waals surface area contributed by atoms with E-state index in [-0.39, 0.29) is 6.10 Å². The number of aliphatic hydroxyl groups excluding tert-OH is 1. The van der Waals surface area contributed by atoms with Gasteiger partial charge in [0.2, 0.25) is 0 Å². The summed E-state index contributed by atoms with van der Waals surface area (Å²) in [6, 6.07) is 0. The first-order chi connectivity index (χ1) is 7.50. The Hall–Kier alpha value is -0.300. The molecule has 1 heteroatoms. The Balaban J connectivity index is 2.10. The van der Waals surface area contributed by atoms with Crippen LogP contribution in [0.15, 0.2) is 12.2 Å². The van der Waals surface area contributed by atoms with Crippen molar-refractivity contribution in [3.8, 4) is 0 Å². The number of hydrogen-bond acceptors (Lipinski definition) is 1. The summed E-state index contributed by atoms with van der Waals surface area (Å²) >= 11 is 0. The van der Waals surface area contributed by atoms with Crippen molar-refractivity contribution in [3.63, 3.8) is 0 Å². The van der Waals surface area contributed by atoms with Gasteiger partial charge in [-0.15, -0.1) is 0 Å². The van der Waals surface area contributed by atoms with E-state index in [2.05, 4.69) is 39.8 Å². The first kappa shape index (κ1) is 12.2. The Labute approximate surface area is 99.9 Å². The highest BCUT2D eigenvalue weighted by atomic mass is 16.3. The highest BCUT2D eigenvalue weighted by molar-refractivity contribution is 5.15. The lowest BCUT2D eigenvalue weighted by Crippen LogP contribution is -2.34. The highest BCUT2D eigenvalue weighted by Crippen LogP contribution is 2.52. The predicted molar refractivity (Wildman–Crippen MR) is 68.0 cm³/mol. The zero-order chi connectivity index (χ0) is 11.9. The Bertz CT molecular complexity index is 267. The van der Waals surface area contributed by atoms with Gasteiger partial charge in [0.05, 0.1) is 6.10 Å². The minimum absolute atomic E-state index is 0.0904. The van der Waals surface area contributed by atoms with Gasteiger partial charge in [-0.2, -0.15) is 0 Å². The third-order valence-corrected chi connectivity index (χ3v) is 4.51. The van der Waals surface area contributed by atoms with Crippen molar-refractivity contribution in [2.45, 2.75) is 46.6 Å². The van der Waals surface area contributed by atoms with Gasteiger partial charge < -0.3 is 5.11 Å². The van der Waals surface area contributed by atoms with Crippen LogP contribution in [0, 0.1) is 35.5 Å². The summed E-state index contributed by atoms with van der Waals surface area (Å²) in [7, 11) is 0. The van der Waals surface area contributed by atoms with Crippen molar-refractivity contribution in [2.24, 2.45) is 35.5 Å². The van der Waals surface area contributed by atoms with E-state index in [1.165, 1.54) is 6.42 Å². The second-order valence-corrected chi connectivity index (χ2v) is 6.54. The van der Waals surface area contributed by atoms with Crippen molar-refractivity contribution in [1.82, 2.24) is 0 Å². The van der Waals surface area contributed by atoms with Crippen LogP contribution < -0.4 is 0 Å². The number of fused-ring (bicyclic) bond motifs is 2. The maximum Gasteiger partial charge on any atom is 0.0579 e. The number of hydrogen-bond donors (Lipinski definition) is 1. The lowest BCUT2D eigenvalue weighted by Gasteiger charge is -2.35. The monoisotopic (exact) mass is 222 g/mol. The molecule has 2 rings (SSSR count). The average Bonchev–Trinajstić information content (AvgIpc) is 2.74. The first-order valence-corrected chi connectivity index (χ1v) is 6.87. The van der Waals surface area contributed by atoms with E-state index in [1.54, 1.807) is 0 Å². The minimum atomic E-state index is -0.0904. The van der Waals surface area contributed by atoms with Crippen LogP contribution in [-0.2, 0) is 0 Å². The van der Waals surface area contributed by atoms with Crippen LogP contribution in [0.25, 0.3) is 0 Å². The number of allylic oxidation sites excluding steroid dienone is 2. The van der Waals surface area contributed by atoms with Crippen molar-refractivity contribution in [1.29, 1.82) is 0 Å². The maximum atomic E-state index is 10.4. The van der Waals surface area contributed by atoms with Gasteiger partial charge >= 0.3 is 0 Å². The van der Waals surface area contributed by atoms with Gasteiger partial charge in [-0.3, -0.25) is 0 Å². The van der Waals surface area contributed by atoms with Crippen LogP contribution in [0.2, 0.25) is 0 Å². The molecule has 1 fully saturated rings. The molecule has 1 N–H and O–H groups in total. The smallest absolute Gasteiger partial charge is 0.0579 e. The molecule has 0 unspecified atom stereocenters. The molecule has 16 heavy (non-hydrogen) atoms. The Morgan fingerprint density at radius 2 is 1.62 bits per heavy atom. The molecule has 0 radical (unpaired) electrons. The lowest BCUT2D eigenvalue weighted by molar-refractivity contribution is 0.0340. The third-order valence-electron chi connectivity index (χ3n) is 4.51. The van der Waals surface area contributed by atoms with E-state index < -0.39 is 0 Å². The minimum Gasteiger partial charge on any atom is -0.393 e.